The van der Waals surface area contributed by atoms with Crippen LogP contribution in [0.3, 0.4) is 0 Å². The Labute approximate surface area is 118 Å². The number of ether oxygens (including phenoxy) is 1. The lowest BCUT2D eigenvalue weighted by Gasteiger charge is -2.19. The van der Waals surface area contributed by atoms with Crippen LogP contribution in [0.1, 0.15) is 0 Å². The van der Waals surface area contributed by atoms with Crippen molar-refractivity contribution in [2.24, 2.45) is 0 Å². The molecular weight excluding hydrogens is 345 g/mol. The highest BCUT2D eigenvalue weighted by Crippen LogP contribution is 2.26. The zero-order valence-electron chi connectivity index (χ0n) is 9.98. The van der Waals surface area contributed by atoms with Crippen molar-refractivity contribution >= 4 is 34.1 Å². The summed E-state index contributed by atoms with van der Waals surface area (Å²) in [6.07, 6.45) is 1.40. The number of hydrogen-bond acceptors (Lipinski definition) is 4. The summed E-state index contributed by atoms with van der Waals surface area (Å²) in [6, 6.07) is 7.58. The molecule has 94 valence electrons. The molecule has 0 atom stereocenters. The van der Waals surface area contributed by atoms with E-state index in [0.29, 0.717) is 9.39 Å². The topological polar surface area (TPSA) is 58.2 Å². The number of H-pyrrole nitrogens is 1. The molecule has 0 bridgehead atoms. The standard InChI is InChI=1S/C12H12IN3O2/c1-16(8-4-3-5-9(6-8)18-2)11-10(13)12(17)15-7-14-11/h3-7H,1-2H3,(H,14,15,17). The molecule has 5 nitrogen and oxygen atoms in total. The molecule has 0 amide bonds. The number of benzene rings is 1. The molecule has 0 aliphatic heterocycles. The van der Waals surface area contributed by atoms with Crippen LogP contribution in [0, 0.1) is 3.57 Å². The molecule has 0 saturated heterocycles. The van der Waals surface area contributed by atoms with Gasteiger partial charge in [-0.25, -0.2) is 4.98 Å². The van der Waals surface area contributed by atoms with E-state index in [9.17, 15) is 4.79 Å². The van der Waals surface area contributed by atoms with Crippen molar-refractivity contribution in [3.05, 3.63) is 44.5 Å². The first-order chi connectivity index (χ1) is 8.63. The Balaban J connectivity index is 2.44. The highest BCUT2D eigenvalue weighted by Gasteiger charge is 2.12. The average molecular weight is 357 g/mol. The summed E-state index contributed by atoms with van der Waals surface area (Å²) in [7, 11) is 3.48. The molecule has 6 heteroatoms. The molecule has 0 fully saturated rings. The van der Waals surface area contributed by atoms with E-state index in [-0.39, 0.29) is 5.56 Å². The zero-order chi connectivity index (χ0) is 13.1. The molecule has 1 heterocycles. The third-order valence-corrected chi connectivity index (χ3v) is 3.51. The molecule has 0 radical (unpaired) electrons. The summed E-state index contributed by atoms with van der Waals surface area (Å²) in [5, 5.41) is 0. The number of aromatic amines is 1. The van der Waals surface area contributed by atoms with Gasteiger partial charge < -0.3 is 14.6 Å². The van der Waals surface area contributed by atoms with Crippen LogP contribution >= 0.6 is 22.6 Å². The Bertz CT molecular complexity index is 612. The first kappa shape index (κ1) is 12.9. The first-order valence-corrected chi connectivity index (χ1v) is 6.32. The smallest absolute Gasteiger partial charge is 0.266 e. The van der Waals surface area contributed by atoms with Crippen LogP contribution in [0.4, 0.5) is 11.5 Å². The molecule has 1 N–H and O–H groups in total. The summed E-state index contributed by atoms with van der Waals surface area (Å²) in [5.74, 6) is 1.38. The molecule has 0 aliphatic rings. The number of anilines is 2. The van der Waals surface area contributed by atoms with Gasteiger partial charge in [0, 0.05) is 18.8 Å². The maximum atomic E-state index is 11.5. The van der Waals surface area contributed by atoms with Crippen molar-refractivity contribution in [1.29, 1.82) is 0 Å². The van der Waals surface area contributed by atoms with E-state index in [4.69, 9.17) is 4.74 Å². The molecule has 0 unspecified atom stereocenters. The molecule has 1 aromatic heterocycles. The second kappa shape index (κ2) is 5.38. The van der Waals surface area contributed by atoms with E-state index in [1.807, 2.05) is 58.8 Å². The van der Waals surface area contributed by atoms with Gasteiger partial charge in [0.2, 0.25) is 0 Å². The first-order valence-electron chi connectivity index (χ1n) is 5.24. The maximum Gasteiger partial charge on any atom is 0.266 e. The summed E-state index contributed by atoms with van der Waals surface area (Å²) >= 11 is 1.99. The average Bonchev–Trinajstić information content (AvgIpc) is 2.41. The number of halogens is 1. The van der Waals surface area contributed by atoms with Crippen LogP contribution in [0.2, 0.25) is 0 Å². The molecule has 0 aliphatic carbocycles. The number of aromatic nitrogens is 2. The monoisotopic (exact) mass is 357 g/mol. The van der Waals surface area contributed by atoms with Crippen LogP contribution in [0.25, 0.3) is 0 Å². The van der Waals surface area contributed by atoms with Crippen LogP contribution in [-0.4, -0.2) is 24.1 Å². The van der Waals surface area contributed by atoms with Gasteiger partial charge >= 0.3 is 0 Å². The fourth-order valence-corrected chi connectivity index (χ4v) is 2.21. The lowest BCUT2D eigenvalue weighted by Crippen LogP contribution is -2.19. The largest absolute Gasteiger partial charge is 0.497 e. The second-order valence-electron chi connectivity index (χ2n) is 3.63. The fourth-order valence-electron chi connectivity index (χ4n) is 1.55. The molecule has 1 aromatic carbocycles. The van der Waals surface area contributed by atoms with Gasteiger partial charge in [-0.05, 0) is 34.7 Å². The molecule has 0 saturated carbocycles. The van der Waals surface area contributed by atoms with Gasteiger partial charge in [-0.15, -0.1) is 0 Å². The van der Waals surface area contributed by atoms with E-state index in [1.165, 1.54) is 6.33 Å². The quantitative estimate of drug-likeness (QED) is 0.856. The molecule has 18 heavy (non-hydrogen) atoms. The number of methoxy groups -OCH3 is 1. The van der Waals surface area contributed by atoms with Crippen LogP contribution in [-0.2, 0) is 0 Å². The Morgan fingerprint density at radius 2 is 2.22 bits per heavy atom. The van der Waals surface area contributed by atoms with Gasteiger partial charge in [0.1, 0.15) is 9.32 Å². The van der Waals surface area contributed by atoms with E-state index in [0.717, 1.165) is 11.4 Å². The third kappa shape index (κ3) is 2.47. The normalized spacial score (nSPS) is 10.2. The van der Waals surface area contributed by atoms with E-state index in [1.54, 1.807) is 7.11 Å². The minimum absolute atomic E-state index is 0.143. The Hall–Kier alpha value is -1.57. The summed E-state index contributed by atoms with van der Waals surface area (Å²) < 4.78 is 5.73. The van der Waals surface area contributed by atoms with Crippen molar-refractivity contribution in [3.63, 3.8) is 0 Å². The molecule has 2 rings (SSSR count). The van der Waals surface area contributed by atoms with E-state index in [2.05, 4.69) is 9.97 Å². The predicted octanol–water partition coefficient (Wildman–Crippen LogP) is 2.15. The van der Waals surface area contributed by atoms with Gasteiger partial charge in [-0.3, -0.25) is 4.79 Å². The van der Waals surface area contributed by atoms with Gasteiger partial charge in [0.15, 0.2) is 5.82 Å². The SMILES string of the molecule is COc1cccc(N(C)c2nc[nH]c(=O)c2I)c1. The van der Waals surface area contributed by atoms with E-state index < -0.39 is 0 Å². The van der Waals surface area contributed by atoms with Gasteiger partial charge in [0.25, 0.3) is 5.56 Å². The number of rotatable bonds is 3. The number of hydrogen-bond donors (Lipinski definition) is 1. The van der Waals surface area contributed by atoms with Crippen molar-refractivity contribution < 1.29 is 4.74 Å². The minimum atomic E-state index is -0.143. The molecule has 0 spiro atoms. The minimum Gasteiger partial charge on any atom is -0.497 e. The summed E-state index contributed by atoms with van der Waals surface area (Å²) in [6.45, 7) is 0. The van der Waals surface area contributed by atoms with Gasteiger partial charge in [-0.1, -0.05) is 6.07 Å². The fraction of sp³-hybridized carbons (Fsp3) is 0.167. The van der Waals surface area contributed by atoms with Crippen LogP contribution in [0.15, 0.2) is 35.4 Å². The zero-order valence-corrected chi connectivity index (χ0v) is 12.1. The highest BCUT2D eigenvalue weighted by molar-refractivity contribution is 14.1. The lowest BCUT2D eigenvalue weighted by molar-refractivity contribution is 0.415. The lowest BCUT2D eigenvalue weighted by atomic mass is 10.3. The van der Waals surface area contributed by atoms with Crippen LogP contribution < -0.4 is 15.2 Å². The molecule has 2 aromatic rings. The summed E-state index contributed by atoms with van der Waals surface area (Å²) in [4.78, 5) is 20.1. The predicted molar refractivity (Wildman–Crippen MR) is 78.6 cm³/mol. The van der Waals surface area contributed by atoms with E-state index >= 15 is 0 Å². The van der Waals surface area contributed by atoms with Crippen molar-refractivity contribution in [3.8, 4) is 5.75 Å². The molecular formula is C12H12IN3O2. The second-order valence-corrected chi connectivity index (χ2v) is 4.71. The van der Waals surface area contributed by atoms with Crippen LogP contribution in [0.5, 0.6) is 5.75 Å². The number of nitrogens with one attached hydrogen (secondary N) is 1. The van der Waals surface area contributed by atoms with Crippen molar-refractivity contribution in [1.82, 2.24) is 9.97 Å². The number of nitrogens with zero attached hydrogens (tertiary/aromatic N) is 2. The van der Waals surface area contributed by atoms with Gasteiger partial charge in [0.05, 0.1) is 13.4 Å². The highest BCUT2D eigenvalue weighted by atomic mass is 127. The Morgan fingerprint density at radius 3 is 2.94 bits per heavy atom. The van der Waals surface area contributed by atoms with Crippen molar-refractivity contribution in [2.45, 2.75) is 0 Å². The maximum absolute atomic E-state index is 11.5. The van der Waals surface area contributed by atoms with Gasteiger partial charge in [-0.2, -0.15) is 0 Å². The van der Waals surface area contributed by atoms with Crippen molar-refractivity contribution in [2.75, 3.05) is 19.1 Å². The summed E-state index contributed by atoms with van der Waals surface area (Å²) in [5.41, 5.74) is 0.765. The Morgan fingerprint density at radius 1 is 1.44 bits per heavy atom. The third-order valence-electron chi connectivity index (χ3n) is 2.54. The Kier molecular flexibility index (Phi) is 3.85.